The zero-order chi connectivity index (χ0) is 13.9. The monoisotopic (exact) mass is 303 g/mol. The van der Waals surface area contributed by atoms with E-state index in [-0.39, 0.29) is 0 Å². The Morgan fingerprint density at radius 1 is 1.05 bits per heavy atom. The summed E-state index contributed by atoms with van der Waals surface area (Å²) in [5.74, 6) is 1.22. The molecule has 1 aromatic carbocycles. The summed E-state index contributed by atoms with van der Waals surface area (Å²) < 4.78 is 0. The molecule has 0 fully saturated rings. The minimum Gasteiger partial charge on any atom is -0.369 e. The summed E-state index contributed by atoms with van der Waals surface area (Å²) in [6, 6.07) is 8.53. The molecule has 0 saturated carbocycles. The quantitative estimate of drug-likeness (QED) is 0.515. The van der Waals surface area contributed by atoms with E-state index in [4.69, 9.17) is 28.9 Å². The van der Waals surface area contributed by atoms with Crippen LogP contribution >= 0.6 is 23.2 Å². The van der Waals surface area contributed by atoms with Crippen LogP contribution in [0, 0.1) is 0 Å². The first kappa shape index (κ1) is 16.6. The van der Waals surface area contributed by atoms with Gasteiger partial charge in [-0.05, 0) is 37.2 Å². The van der Waals surface area contributed by atoms with Crippen LogP contribution in [0.4, 0.5) is 5.69 Å². The maximum Gasteiger partial charge on any atom is 0.0399 e. The normalized spacial score (nSPS) is 10.7. The lowest BCUT2D eigenvalue weighted by molar-refractivity contribution is 0.655. The van der Waals surface area contributed by atoms with Crippen molar-refractivity contribution in [2.75, 3.05) is 42.8 Å². The molecule has 0 spiro atoms. The van der Waals surface area contributed by atoms with Gasteiger partial charge in [-0.3, -0.25) is 0 Å². The summed E-state index contributed by atoms with van der Waals surface area (Å²) in [5.41, 5.74) is 7.90. The second-order valence-corrected chi connectivity index (χ2v) is 5.11. The van der Waals surface area contributed by atoms with E-state index in [0.29, 0.717) is 11.8 Å². The number of benzene rings is 1. The summed E-state index contributed by atoms with van der Waals surface area (Å²) in [6.45, 7) is 4.22. The highest BCUT2D eigenvalue weighted by molar-refractivity contribution is 6.18. The highest BCUT2D eigenvalue weighted by Gasteiger charge is 2.04. The highest BCUT2D eigenvalue weighted by Crippen LogP contribution is 2.15. The number of hydrogen-bond donors (Lipinski definition) is 2. The van der Waals surface area contributed by atoms with Gasteiger partial charge < -0.3 is 16.0 Å². The highest BCUT2D eigenvalue weighted by atomic mass is 35.5. The molecule has 0 aromatic heterocycles. The molecule has 3 nitrogen and oxygen atoms in total. The Kier molecular flexibility index (Phi) is 9.01. The third-order valence-corrected chi connectivity index (χ3v) is 3.24. The zero-order valence-electron chi connectivity index (χ0n) is 11.2. The van der Waals surface area contributed by atoms with Gasteiger partial charge in [0, 0.05) is 37.1 Å². The maximum atomic E-state index is 5.81. The number of nitrogens with two attached hydrogens (primary N) is 1. The fourth-order valence-corrected chi connectivity index (χ4v) is 2.27. The molecule has 0 aliphatic heterocycles. The van der Waals surface area contributed by atoms with Crippen LogP contribution in [0.15, 0.2) is 24.3 Å². The van der Waals surface area contributed by atoms with Crippen LogP contribution in [0.1, 0.15) is 12.0 Å². The molecule has 0 saturated heterocycles. The summed E-state index contributed by atoms with van der Waals surface area (Å²) in [4.78, 5) is 2.20. The van der Waals surface area contributed by atoms with Gasteiger partial charge in [0.05, 0.1) is 0 Å². The topological polar surface area (TPSA) is 41.3 Å². The second-order valence-electron chi connectivity index (χ2n) is 4.35. The molecule has 0 radical (unpaired) electrons. The molecule has 1 rings (SSSR count). The molecule has 3 N–H and O–H groups in total. The average Bonchev–Trinajstić information content (AvgIpc) is 2.44. The van der Waals surface area contributed by atoms with Gasteiger partial charge in [0.1, 0.15) is 0 Å². The predicted octanol–water partition coefficient (Wildman–Crippen LogP) is 2.41. The zero-order valence-corrected chi connectivity index (χ0v) is 12.8. The molecule has 108 valence electrons. The van der Waals surface area contributed by atoms with Crippen LogP contribution in [0.2, 0.25) is 0 Å². The fourth-order valence-electron chi connectivity index (χ4n) is 1.86. The molecule has 0 amide bonds. The van der Waals surface area contributed by atoms with Gasteiger partial charge in [0.15, 0.2) is 0 Å². The van der Waals surface area contributed by atoms with Crippen LogP contribution in [-0.4, -0.2) is 37.9 Å². The van der Waals surface area contributed by atoms with E-state index in [1.165, 1.54) is 11.3 Å². The average molecular weight is 304 g/mol. The standard InChI is InChI=1S/C14H23Cl2N3/c15-6-10-19(11-7-16)14-4-2-13(3-5-14)12-18-9-1-8-17/h2-5,18H,1,6-12,17H2. The van der Waals surface area contributed by atoms with Gasteiger partial charge in [-0.2, -0.15) is 0 Å². The molecule has 0 bridgehead atoms. The van der Waals surface area contributed by atoms with E-state index in [9.17, 15) is 0 Å². The number of alkyl halides is 2. The molecule has 0 unspecified atom stereocenters. The molecule has 19 heavy (non-hydrogen) atoms. The van der Waals surface area contributed by atoms with E-state index in [2.05, 4.69) is 34.5 Å². The Labute approximate surface area is 126 Å². The van der Waals surface area contributed by atoms with Crippen molar-refractivity contribution in [1.29, 1.82) is 0 Å². The summed E-state index contributed by atoms with van der Waals surface area (Å²) in [6.07, 6.45) is 1.01. The van der Waals surface area contributed by atoms with Crippen LogP contribution in [0.25, 0.3) is 0 Å². The number of nitrogens with zero attached hydrogens (tertiary/aromatic N) is 1. The Hall–Kier alpha value is -0.480. The van der Waals surface area contributed by atoms with Crippen molar-refractivity contribution in [3.63, 3.8) is 0 Å². The van der Waals surface area contributed by atoms with Gasteiger partial charge in [-0.15, -0.1) is 23.2 Å². The molecule has 0 atom stereocenters. The van der Waals surface area contributed by atoms with Crippen LogP contribution < -0.4 is 16.0 Å². The van der Waals surface area contributed by atoms with Gasteiger partial charge in [-0.25, -0.2) is 0 Å². The predicted molar refractivity (Wildman–Crippen MR) is 85.5 cm³/mol. The van der Waals surface area contributed by atoms with Crippen molar-refractivity contribution in [2.45, 2.75) is 13.0 Å². The Bertz CT molecular complexity index is 324. The molecule has 1 aromatic rings. The van der Waals surface area contributed by atoms with Crippen molar-refractivity contribution in [1.82, 2.24) is 5.32 Å². The van der Waals surface area contributed by atoms with Gasteiger partial charge in [-0.1, -0.05) is 12.1 Å². The fraction of sp³-hybridized carbons (Fsp3) is 0.571. The van der Waals surface area contributed by atoms with E-state index >= 15 is 0 Å². The van der Waals surface area contributed by atoms with Crippen molar-refractivity contribution in [2.24, 2.45) is 5.73 Å². The molecule has 0 aliphatic rings. The number of rotatable bonds is 10. The third kappa shape index (κ3) is 6.48. The van der Waals surface area contributed by atoms with E-state index in [0.717, 1.165) is 39.1 Å². The first-order chi connectivity index (χ1) is 9.31. The van der Waals surface area contributed by atoms with Crippen molar-refractivity contribution >= 4 is 28.9 Å². The number of anilines is 1. The number of halogens is 2. The first-order valence-corrected chi connectivity index (χ1v) is 7.75. The van der Waals surface area contributed by atoms with Crippen molar-refractivity contribution in [3.8, 4) is 0 Å². The molecule has 0 heterocycles. The van der Waals surface area contributed by atoms with Gasteiger partial charge in [0.2, 0.25) is 0 Å². The number of hydrogen-bond acceptors (Lipinski definition) is 3. The third-order valence-electron chi connectivity index (χ3n) is 2.90. The lowest BCUT2D eigenvalue weighted by Gasteiger charge is -2.23. The minimum absolute atomic E-state index is 0.610. The van der Waals surface area contributed by atoms with Gasteiger partial charge >= 0.3 is 0 Å². The van der Waals surface area contributed by atoms with Gasteiger partial charge in [0.25, 0.3) is 0 Å². The summed E-state index contributed by atoms with van der Waals surface area (Å²) >= 11 is 11.6. The minimum atomic E-state index is 0.610. The smallest absolute Gasteiger partial charge is 0.0399 e. The largest absolute Gasteiger partial charge is 0.369 e. The Balaban J connectivity index is 2.49. The van der Waals surface area contributed by atoms with Crippen LogP contribution in [0.3, 0.4) is 0 Å². The summed E-state index contributed by atoms with van der Waals surface area (Å²) in [5, 5.41) is 3.37. The summed E-state index contributed by atoms with van der Waals surface area (Å²) in [7, 11) is 0. The molecule has 5 heteroatoms. The van der Waals surface area contributed by atoms with Crippen molar-refractivity contribution in [3.05, 3.63) is 29.8 Å². The SMILES string of the molecule is NCCCNCc1ccc(N(CCCl)CCCl)cc1. The second kappa shape index (κ2) is 10.3. The van der Waals surface area contributed by atoms with E-state index in [1.807, 2.05) is 0 Å². The van der Waals surface area contributed by atoms with E-state index in [1.54, 1.807) is 0 Å². The Morgan fingerprint density at radius 3 is 2.21 bits per heavy atom. The first-order valence-electron chi connectivity index (χ1n) is 6.68. The lowest BCUT2D eigenvalue weighted by Crippen LogP contribution is -2.27. The molecular weight excluding hydrogens is 281 g/mol. The lowest BCUT2D eigenvalue weighted by atomic mass is 10.2. The molecule has 0 aliphatic carbocycles. The maximum absolute atomic E-state index is 5.81. The Morgan fingerprint density at radius 2 is 1.68 bits per heavy atom. The van der Waals surface area contributed by atoms with Crippen LogP contribution in [-0.2, 0) is 6.54 Å². The van der Waals surface area contributed by atoms with Crippen LogP contribution in [0.5, 0.6) is 0 Å². The number of nitrogens with one attached hydrogen (secondary N) is 1. The van der Waals surface area contributed by atoms with E-state index < -0.39 is 0 Å². The molecular formula is C14H23Cl2N3. The van der Waals surface area contributed by atoms with Crippen molar-refractivity contribution < 1.29 is 0 Å².